The summed E-state index contributed by atoms with van der Waals surface area (Å²) in [5.74, 6) is -0.234. The van der Waals surface area contributed by atoms with Crippen molar-refractivity contribution in [3.05, 3.63) is 43.0 Å². The Balaban J connectivity index is 1.47. The van der Waals surface area contributed by atoms with E-state index in [-0.39, 0.29) is 24.6 Å². The van der Waals surface area contributed by atoms with Crippen LogP contribution in [-0.2, 0) is 23.4 Å². The third-order valence-electron chi connectivity index (χ3n) is 5.10. The van der Waals surface area contributed by atoms with Gasteiger partial charge in [-0.3, -0.25) is 13.9 Å². The van der Waals surface area contributed by atoms with Gasteiger partial charge in [0.15, 0.2) is 17.7 Å². The number of nitrogens with one attached hydrogen (secondary N) is 1. The predicted molar refractivity (Wildman–Crippen MR) is 118 cm³/mol. The number of carbonyl (C=O) groups is 1. The Kier molecular flexibility index (Phi) is 7.08. The van der Waals surface area contributed by atoms with Crippen LogP contribution in [0.3, 0.4) is 0 Å². The Morgan fingerprint density at radius 2 is 2.12 bits per heavy atom. The van der Waals surface area contributed by atoms with Crippen molar-refractivity contribution in [2.75, 3.05) is 19.5 Å². The Morgan fingerprint density at radius 3 is 2.85 bits per heavy atom. The van der Waals surface area contributed by atoms with E-state index >= 15 is 0 Å². The summed E-state index contributed by atoms with van der Waals surface area (Å²) in [7, 11) is -2.87. The molecule has 34 heavy (non-hydrogen) atoms. The first-order chi connectivity index (χ1) is 16.3. The number of esters is 1. The Hall–Kier alpha value is -3.12. The number of hydrogen-bond donors (Lipinski definition) is 2. The molecule has 2 aromatic heterocycles. The molecule has 5 atom stereocenters. The van der Waals surface area contributed by atoms with Gasteiger partial charge in [-0.1, -0.05) is 18.2 Å². The Labute approximate surface area is 194 Å². The number of fused-ring (bicyclic) bond motifs is 1. The maximum absolute atomic E-state index is 14.9. The summed E-state index contributed by atoms with van der Waals surface area (Å²) in [4.78, 5) is 23.9. The number of alkyl halides is 1. The quantitative estimate of drug-likeness (QED) is 0.333. The van der Waals surface area contributed by atoms with Gasteiger partial charge in [0, 0.05) is 6.42 Å². The molecule has 0 aliphatic carbocycles. The van der Waals surface area contributed by atoms with Crippen LogP contribution < -0.4 is 15.3 Å². The molecule has 3 aromatic rings. The first-order valence-corrected chi connectivity index (χ1v) is 11.9. The molecule has 1 aromatic carbocycles. The van der Waals surface area contributed by atoms with Crippen LogP contribution >= 0.6 is 7.75 Å². The normalized spacial score (nSPS) is 22.9. The van der Waals surface area contributed by atoms with Crippen molar-refractivity contribution in [3.63, 3.8) is 0 Å². The lowest BCUT2D eigenvalue weighted by Gasteiger charge is -2.23. The average Bonchev–Trinajstić information content (AvgIpc) is 3.41. The van der Waals surface area contributed by atoms with Gasteiger partial charge in [-0.05, 0) is 19.1 Å². The molecule has 0 bridgehead atoms. The van der Waals surface area contributed by atoms with Crippen LogP contribution in [-0.4, -0.2) is 57.5 Å². The van der Waals surface area contributed by atoms with E-state index in [0.717, 1.165) is 0 Å². The van der Waals surface area contributed by atoms with Gasteiger partial charge in [-0.15, -0.1) is 0 Å². The molecule has 0 saturated carbocycles. The molecule has 1 aliphatic heterocycles. The molecule has 0 spiro atoms. The largest absolute Gasteiger partial charge is 0.468 e. The number of para-hydroxylation sites is 1. The third kappa shape index (κ3) is 5.17. The van der Waals surface area contributed by atoms with Gasteiger partial charge in [0.25, 0.3) is 0 Å². The van der Waals surface area contributed by atoms with Crippen molar-refractivity contribution >= 4 is 30.7 Å². The average molecular weight is 494 g/mol. The molecule has 3 heterocycles. The minimum Gasteiger partial charge on any atom is -0.468 e. The van der Waals surface area contributed by atoms with E-state index in [4.69, 9.17) is 19.5 Å². The zero-order chi connectivity index (χ0) is 24.3. The fourth-order valence-electron chi connectivity index (χ4n) is 3.47. The van der Waals surface area contributed by atoms with Gasteiger partial charge in [0.2, 0.25) is 0 Å². The predicted octanol–water partition coefficient (Wildman–Crippen LogP) is 2.39. The molecule has 3 N–H and O–H groups in total. The molecule has 1 unspecified atom stereocenters. The fourth-order valence-corrected chi connectivity index (χ4v) is 4.99. The summed E-state index contributed by atoms with van der Waals surface area (Å²) in [5, 5.41) is 2.54. The lowest BCUT2D eigenvalue weighted by molar-refractivity contribution is -0.142. The molecule has 0 radical (unpaired) electrons. The van der Waals surface area contributed by atoms with Crippen molar-refractivity contribution in [3.8, 4) is 5.75 Å². The van der Waals surface area contributed by atoms with Crippen LogP contribution in [0, 0.1) is 0 Å². The van der Waals surface area contributed by atoms with Crippen molar-refractivity contribution in [1.29, 1.82) is 0 Å². The second-order valence-corrected chi connectivity index (χ2v) is 9.25. The summed E-state index contributed by atoms with van der Waals surface area (Å²) < 4.78 is 51.3. The van der Waals surface area contributed by atoms with Crippen LogP contribution in [0.25, 0.3) is 11.2 Å². The van der Waals surface area contributed by atoms with Crippen molar-refractivity contribution in [1.82, 2.24) is 24.6 Å². The van der Waals surface area contributed by atoms with Gasteiger partial charge in [0.1, 0.15) is 29.8 Å². The van der Waals surface area contributed by atoms with Gasteiger partial charge in [0.05, 0.1) is 26.1 Å². The summed E-state index contributed by atoms with van der Waals surface area (Å²) in [6.45, 7) is 1.18. The van der Waals surface area contributed by atoms with E-state index in [1.807, 2.05) is 0 Å². The maximum Gasteiger partial charge on any atom is 0.459 e. The lowest BCUT2D eigenvalue weighted by atomic mass is 10.2. The molecule has 182 valence electrons. The maximum atomic E-state index is 14.9. The van der Waals surface area contributed by atoms with E-state index in [2.05, 4.69) is 24.8 Å². The van der Waals surface area contributed by atoms with Crippen LogP contribution in [0.2, 0.25) is 0 Å². The van der Waals surface area contributed by atoms with Crippen LogP contribution in [0.15, 0.2) is 43.0 Å². The number of hydrogen-bond acceptors (Lipinski definition) is 10. The van der Waals surface area contributed by atoms with Crippen LogP contribution in [0.5, 0.6) is 5.75 Å². The second kappa shape index (κ2) is 10.0. The minimum absolute atomic E-state index is 0.0389. The summed E-state index contributed by atoms with van der Waals surface area (Å²) in [5.41, 5.74) is 6.45. The van der Waals surface area contributed by atoms with Gasteiger partial charge >= 0.3 is 13.7 Å². The molecular weight excluding hydrogens is 470 g/mol. The van der Waals surface area contributed by atoms with Crippen molar-refractivity contribution in [2.45, 2.75) is 37.9 Å². The van der Waals surface area contributed by atoms with Gasteiger partial charge in [-0.25, -0.2) is 23.9 Å². The van der Waals surface area contributed by atoms with Crippen LogP contribution in [0.1, 0.15) is 19.6 Å². The zero-order valence-corrected chi connectivity index (χ0v) is 19.3. The zero-order valence-electron chi connectivity index (χ0n) is 18.4. The number of carbonyl (C=O) groups excluding carboxylic acids is 1. The molecule has 12 nitrogen and oxygen atoms in total. The molecule has 14 heteroatoms. The number of nitrogens with zero attached hydrogens (tertiary/aromatic N) is 4. The lowest BCUT2D eigenvalue weighted by Crippen LogP contribution is -2.35. The topological polar surface area (TPSA) is 153 Å². The fraction of sp³-hybridized carbons (Fsp3) is 0.400. The second-order valence-electron chi connectivity index (χ2n) is 7.55. The van der Waals surface area contributed by atoms with E-state index in [0.29, 0.717) is 11.2 Å². The number of anilines is 1. The highest BCUT2D eigenvalue weighted by atomic mass is 31.2. The molecule has 1 saturated heterocycles. The summed E-state index contributed by atoms with van der Waals surface area (Å²) in [6, 6.07) is 7.31. The first kappa shape index (κ1) is 24.0. The van der Waals surface area contributed by atoms with Crippen molar-refractivity contribution < 1.29 is 32.3 Å². The molecule has 1 aliphatic rings. The number of imidazole rings is 1. The minimum atomic E-state index is -4.07. The van der Waals surface area contributed by atoms with E-state index in [1.165, 1.54) is 31.3 Å². The number of nitrogen functional groups attached to an aromatic ring is 1. The molecule has 0 amide bonds. The Morgan fingerprint density at radius 1 is 1.35 bits per heavy atom. The third-order valence-corrected chi connectivity index (χ3v) is 6.74. The van der Waals surface area contributed by atoms with Crippen molar-refractivity contribution in [2.24, 2.45) is 0 Å². The SMILES string of the molecule is COC(=O)[C@H](C)NP(=O)(OC[C@@H]1C[C@H](F)[C@H](n2cnc3c(N)ncnc32)O1)Oc1ccccc1. The number of nitrogens with two attached hydrogens (primary N) is 1. The number of rotatable bonds is 9. The highest BCUT2D eigenvalue weighted by Gasteiger charge is 2.40. The number of methoxy groups -OCH3 is 1. The number of benzene rings is 1. The van der Waals surface area contributed by atoms with E-state index < -0.39 is 38.3 Å². The molecular formula is C20H24FN6O6P. The standard InChI is InChI=1S/C20H24FN6O6P/c1-12(20(28)30-2)26-34(29,33-13-6-4-3-5-7-13)31-9-14-8-15(21)19(32-14)27-11-25-16-17(22)23-10-24-18(16)27/h3-7,10-12,14-15,19H,8-9H2,1-2H3,(H,26,29)(H2,22,23,24)/t12-,14-,15-,19+,34?/m0/s1. The monoisotopic (exact) mass is 494 g/mol. The number of ether oxygens (including phenoxy) is 2. The Bertz CT molecular complexity index is 1200. The highest BCUT2D eigenvalue weighted by Crippen LogP contribution is 2.46. The van der Waals surface area contributed by atoms with Crippen LogP contribution in [0.4, 0.5) is 10.2 Å². The van der Waals surface area contributed by atoms with E-state index in [1.54, 1.807) is 30.3 Å². The number of halogens is 1. The van der Waals surface area contributed by atoms with E-state index in [9.17, 15) is 13.8 Å². The summed E-state index contributed by atoms with van der Waals surface area (Å²) in [6.07, 6.45) is -0.631. The van der Waals surface area contributed by atoms with Gasteiger partial charge < -0.3 is 19.7 Å². The smallest absolute Gasteiger partial charge is 0.459 e. The summed E-state index contributed by atoms with van der Waals surface area (Å²) >= 11 is 0. The van der Waals surface area contributed by atoms with Gasteiger partial charge in [-0.2, -0.15) is 5.09 Å². The highest BCUT2D eigenvalue weighted by molar-refractivity contribution is 7.52. The first-order valence-electron chi connectivity index (χ1n) is 10.4. The number of aromatic nitrogens is 4. The molecule has 1 fully saturated rings. The molecule has 4 rings (SSSR count).